The third-order valence-electron chi connectivity index (χ3n) is 6.62. The van der Waals surface area contributed by atoms with E-state index in [1.165, 1.54) is 32.1 Å². The molecule has 5 heteroatoms. The topological polar surface area (TPSA) is 58.6 Å². The molecule has 3 rings (SSSR count). The Balaban J connectivity index is 1.34. The smallest absolute Gasteiger partial charge is 0.258 e. The van der Waals surface area contributed by atoms with Crippen LogP contribution in [0.3, 0.4) is 0 Å². The van der Waals surface area contributed by atoms with E-state index in [0.29, 0.717) is 12.3 Å². The molecule has 1 aromatic rings. The van der Waals surface area contributed by atoms with Gasteiger partial charge in [0.15, 0.2) is 6.61 Å². The zero-order valence-corrected chi connectivity index (χ0v) is 18.0. The first-order chi connectivity index (χ1) is 14.0. The van der Waals surface area contributed by atoms with Crippen molar-refractivity contribution in [2.75, 3.05) is 19.7 Å². The van der Waals surface area contributed by atoms with Crippen LogP contribution >= 0.6 is 0 Å². The van der Waals surface area contributed by atoms with Gasteiger partial charge in [0.1, 0.15) is 5.75 Å². The number of ether oxygens (including phenoxy) is 1. The number of benzene rings is 1. The van der Waals surface area contributed by atoms with Crippen molar-refractivity contribution in [2.24, 2.45) is 5.92 Å². The third kappa shape index (κ3) is 6.48. The lowest BCUT2D eigenvalue weighted by Crippen LogP contribution is -2.47. The minimum absolute atomic E-state index is 0.0326. The third-order valence-corrected chi connectivity index (χ3v) is 6.62. The zero-order chi connectivity index (χ0) is 20.6. The summed E-state index contributed by atoms with van der Waals surface area (Å²) in [5.41, 5.74) is 2.23. The molecule has 2 amide bonds. The average molecular weight is 401 g/mol. The molecule has 1 saturated heterocycles. The molecule has 160 valence electrons. The van der Waals surface area contributed by atoms with E-state index in [1.807, 2.05) is 36.9 Å². The minimum Gasteiger partial charge on any atom is -0.483 e. The molecule has 29 heavy (non-hydrogen) atoms. The summed E-state index contributed by atoms with van der Waals surface area (Å²) in [5.74, 6) is 1.71. The molecular weight excluding hydrogens is 364 g/mol. The van der Waals surface area contributed by atoms with Crippen molar-refractivity contribution < 1.29 is 14.3 Å². The normalized spacial score (nSPS) is 18.5. The molecule has 0 aromatic heterocycles. The molecule has 1 saturated carbocycles. The number of hydrogen-bond donors (Lipinski definition) is 1. The Labute approximate surface area is 175 Å². The molecular formula is C24H36N2O3. The van der Waals surface area contributed by atoms with Gasteiger partial charge in [-0.3, -0.25) is 9.59 Å². The molecule has 0 bridgehead atoms. The van der Waals surface area contributed by atoms with Gasteiger partial charge in [0.2, 0.25) is 5.91 Å². The number of rotatable bonds is 7. The van der Waals surface area contributed by atoms with E-state index < -0.39 is 0 Å². The Hall–Kier alpha value is -2.04. The number of likely N-dealkylation sites (tertiary alicyclic amines) is 1. The highest BCUT2D eigenvalue weighted by molar-refractivity contribution is 5.78. The Kier molecular flexibility index (Phi) is 7.96. The predicted octanol–water partition coefficient (Wildman–Crippen LogP) is 4.15. The van der Waals surface area contributed by atoms with Gasteiger partial charge in [0, 0.05) is 25.6 Å². The van der Waals surface area contributed by atoms with Crippen LogP contribution in [0.4, 0.5) is 0 Å². The van der Waals surface area contributed by atoms with E-state index in [1.54, 1.807) is 0 Å². The van der Waals surface area contributed by atoms with Gasteiger partial charge in [-0.2, -0.15) is 0 Å². The Morgan fingerprint density at radius 1 is 1.07 bits per heavy atom. The Bertz CT molecular complexity index is 689. The van der Waals surface area contributed by atoms with E-state index in [4.69, 9.17) is 4.74 Å². The number of nitrogens with one attached hydrogen (secondary N) is 1. The molecule has 2 aliphatic rings. The summed E-state index contributed by atoms with van der Waals surface area (Å²) in [7, 11) is 0. The van der Waals surface area contributed by atoms with E-state index in [9.17, 15) is 9.59 Å². The first kappa shape index (κ1) is 21.7. The monoisotopic (exact) mass is 400 g/mol. The van der Waals surface area contributed by atoms with Crippen LogP contribution in [0.2, 0.25) is 0 Å². The zero-order valence-electron chi connectivity index (χ0n) is 18.0. The second-order valence-electron chi connectivity index (χ2n) is 8.75. The molecule has 1 aromatic carbocycles. The summed E-state index contributed by atoms with van der Waals surface area (Å²) in [4.78, 5) is 26.7. The van der Waals surface area contributed by atoms with E-state index in [0.717, 1.165) is 55.1 Å². The molecule has 1 N–H and O–H groups in total. The van der Waals surface area contributed by atoms with Gasteiger partial charge < -0.3 is 15.0 Å². The standard InChI is InChI=1S/C24H36N2O3/c1-18-7-6-10-22(19(18)2)29-17-23(27)25-21-13-15-26(16-14-21)24(28)12-11-20-8-4-3-5-9-20/h6-7,10,20-21H,3-5,8-9,11-17H2,1-2H3,(H,25,27). The summed E-state index contributed by atoms with van der Waals surface area (Å²) in [6, 6.07) is 6.00. The Morgan fingerprint density at radius 2 is 1.79 bits per heavy atom. The van der Waals surface area contributed by atoms with Crippen LogP contribution in [-0.4, -0.2) is 42.5 Å². The quantitative estimate of drug-likeness (QED) is 0.748. The van der Waals surface area contributed by atoms with Crippen LogP contribution in [0.1, 0.15) is 68.9 Å². The number of hydrogen-bond acceptors (Lipinski definition) is 3. The summed E-state index contributed by atoms with van der Waals surface area (Å²) in [6.45, 7) is 5.56. The molecule has 0 spiro atoms. The average Bonchev–Trinajstić information content (AvgIpc) is 2.74. The van der Waals surface area contributed by atoms with Gasteiger partial charge in [0.05, 0.1) is 0 Å². The molecule has 2 fully saturated rings. The maximum Gasteiger partial charge on any atom is 0.258 e. The second-order valence-corrected chi connectivity index (χ2v) is 8.75. The van der Waals surface area contributed by atoms with Crippen LogP contribution in [-0.2, 0) is 9.59 Å². The van der Waals surface area contributed by atoms with Gasteiger partial charge in [-0.1, -0.05) is 44.2 Å². The van der Waals surface area contributed by atoms with Gasteiger partial charge in [-0.15, -0.1) is 0 Å². The maximum atomic E-state index is 12.5. The van der Waals surface area contributed by atoms with Crippen molar-refractivity contribution in [3.63, 3.8) is 0 Å². The number of amides is 2. The minimum atomic E-state index is -0.0898. The summed E-state index contributed by atoms with van der Waals surface area (Å²) in [5, 5.41) is 3.06. The predicted molar refractivity (Wildman–Crippen MR) is 115 cm³/mol. The highest BCUT2D eigenvalue weighted by Gasteiger charge is 2.24. The number of carbonyl (C=O) groups excluding carboxylic acids is 2. The lowest BCUT2D eigenvalue weighted by Gasteiger charge is -2.33. The molecule has 0 unspecified atom stereocenters. The Morgan fingerprint density at radius 3 is 2.52 bits per heavy atom. The summed E-state index contributed by atoms with van der Waals surface area (Å²) >= 11 is 0. The number of aryl methyl sites for hydroxylation is 1. The van der Waals surface area contributed by atoms with Gasteiger partial charge in [-0.25, -0.2) is 0 Å². The number of nitrogens with zero attached hydrogens (tertiary/aromatic N) is 1. The van der Waals surface area contributed by atoms with Crippen molar-refractivity contribution in [2.45, 2.75) is 77.7 Å². The lowest BCUT2D eigenvalue weighted by atomic mass is 9.86. The molecule has 1 heterocycles. The van der Waals surface area contributed by atoms with Crippen molar-refractivity contribution in [3.8, 4) is 5.75 Å². The second kappa shape index (κ2) is 10.7. The van der Waals surface area contributed by atoms with E-state index >= 15 is 0 Å². The fourth-order valence-electron chi connectivity index (χ4n) is 4.53. The van der Waals surface area contributed by atoms with Crippen LogP contribution in [0.5, 0.6) is 5.75 Å². The first-order valence-electron chi connectivity index (χ1n) is 11.3. The fourth-order valence-corrected chi connectivity index (χ4v) is 4.53. The van der Waals surface area contributed by atoms with Crippen molar-refractivity contribution in [1.29, 1.82) is 0 Å². The lowest BCUT2D eigenvalue weighted by molar-refractivity contribution is -0.132. The summed E-state index contributed by atoms with van der Waals surface area (Å²) < 4.78 is 5.69. The van der Waals surface area contributed by atoms with E-state index in [2.05, 4.69) is 5.32 Å². The van der Waals surface area contributed by atoms with Crippen LogP contribution in [0.25, 0.3) is 0 Å². The summed E-state index contributed by atoms with van der Waals surface area (Å²) in [6.07, 6.45) is 10.00. The molecule has 5 nitrogen and oxygen atoms in total. The van der Waals surface area contributed by atoms with Gasteiger partial charge >= 0.3 is 0 Å². The molecule has 0 atom stereocenters. The van der Waals surface area contributed by atoms with Crippen LogP contribution in [0, 0.1) is 19.8 Å². The SMILES string of the molecule is Cc1cccc(OCC(=O)NC2CCN(C(=O)CCC3CCCCC3)CC2)c1C. The maximum absolute atomic E-state index is 12.5. The van der Waals surface area contributed by atoms with Crippen molar-refractivity contribution >= 4 is 11.8 Å². The van der Waals surface area contributed by atoms with Crippen molar-refractivity contribution in [3.05, 3.63) is 29.3 Å². The highest BCUT2D eigenvalue weighted by Crippen LogP contribution is 2.27. The van der Waals surface area contributed by atoms with Gasteiger partial charge in [0.25, 0.3) is 5.91 Å². The first-order valence-corrected chi connectivity index (χ1v) is 11.3. The molecule has 0 radical (unpaired) electrons. The van der Waals surface area contributed by atoms with Gasteiger partial charge in [-0.05, 0) is 56.2 Å². The molecule has 1 aliphatic heterocycles. The van der Waals surface area contributed by atoms with Crippen molar-refractivity contribution in [1.82, 2.24) is 10.2 Å². The fraction of sp³-hybridized carbons (Fsp3) is 0.667. The highest BCUT2D eigenvalue weighted by atomic mass is 16.5. The number of carbonyl (C=O) groups is 2. The van der Waals surface area contributed by atoms with Crippen LogP contribution < -0.4 is 10.1 Å². The largest absolute Gasteiger partial charge is 0.483 e. The van der Waals surface area contributed by atoms with Crippen LogP contribution in [0.15, 0.2) is 18.2 Å². The number of piperidine rings is 1. The van der Waals surface area contributed by atoms with E-state index in [-0.39, 0.29) is 18.6 Å². The molecule has 1 aliphatic carbocycles.